The van der Waals surface area contributed by atoms with Gasteiger partial charge in [0.2, 0.25) is 5.89 Å². The van der Waals surface area contributed by atoms with E-state index in [1.165, 1.54) is 12.1 Å². The minimum atomic E-state index is -4.37. The van der Waals surface area contributed by atoms with Crippen molar-refractivity contribution in [2.45, 2.75) is 26.2 Å². The number of benzene rings is 2. The molecule has 0 saturated carbocycles. The minimum absolute atomic E-state index is 0.318. The van der Waals surface area contributed by atoms with Gasteiger partial charge in [0.15, 0.2) is 0 Å². The van der Waals surface area contributed by atoms with Crippen LogP contribution in [0.4, 0.5) is 13.2 Å². The fourth-order valence-corrected chi connectivity index (χ4v) is 3.30. The fourth-order valence-electron chi connectivity index (χ4n) is 3.30. The third-order valence-electron chi connectivity index (χ3n) is 4.93. The second-order valence-electron chi connectivity index (χ2n) is 7.39. The molecule has 0 radical (unpaired) electrons. The van der Waals surface area contributed by atoms with Crippen molar-refractivity contribution < 1.29 is 17.6 Å². The van der Waals surface area contributed by atoms with E-state index in [-0.39, 0.29) is 0 Å². The van der Waals surface area contributed by atoms with Gasteiger partial charge in [-0.25, -0.2) is 9.67 Å². The van der Waals surface area contributed by atoms with Crippen molar-refractivity contribution in [3.05, 3.63) is 89.6 Å². The molecule has 0 N–H and O–H groups in total. The first-order valence-corrected chi connectivity index (χ1v) is 9.71. The number of aromatic nitrogens is 3. The number of rotatable bonds is 6. The molecule has 160 valence electrons. The van der Waals surface area contributed by atoms with Crippen LogP contribution < -0.4 is 0 Å². The van der Waals surface area contributed by atoms with Crippen LogP contribution in [-0.2, 0) is 19.3 Å². The molecular formula is C23H21F3N4O. The zero-order valence-corrected chi connectivity index (χ0v) is 17.1. The molecular weight excluding hydrogens is 405 g/mol. The lowest BCUT2D eigenvalue weighted by atomic mass is 10.1. The summed E-state index contributed by atoms with van der Waals surface area (Å²) in [6, 6.07) is 14.8. The van der Waals surface area contributed by atoms with Crippen molar-refractivity contribution in [2.75, 3.05) is 7.05 Å². The maximum Gasteiger partial charge on any atom is 0.416 e. The minimum Gasteiger partial charge on any atom is -0.441 e. The second kappa shape index (κ2) is 8.39. The molecule has 8 heteroatoms. The van der Waals surface area contributed by atoms with Crippen LogP contribution in [0.2, 0.25) is 0 Å². The number of hydrogen-bond acceptors (Lipinski definition) is 4. The van der Waals surface area contributed by atoms with E-state index in [1.54, 1.807) is 10.9 Å². The summed E-state index contributed by atoms with van der Waals surface area (Å²) in [5.74, 6) is 0.967. The van der Waals surface area contributed by atoms with Crippen LogP contribution in [0.15, 0.2) is 71.4 Å². The van der Waals surface area contributed by atoms with Gasteiger partial charge in [-0.05, 0) is 62.0 Å². The smallest absolute Gasteiger partial charge is 0.416 e. The average molecular weight is 426 g/mol. The van der Waals surface area contributed by atoms with Crippen LogP contribution in [0.3, 0.4) is 0 Å². The highest BCUT2D eigenvalue weighted by atomic mass is 19.4. The van der Waals surface area contributed by atoms with E-state index in [9.17, 15) is 13.2 Å². The van der Waals surface area contributed by atoms with Gasteiger partial charge in [0, 0.05) is 31.0 Å². The Morgan fingerprint density at radius 1 is 1.00 bits per heavy atom. The van der Waals surface area contributed by atoms with E-state index in [0.717, 1.165) is 29.1 Å². The van der Waals surface area contributed by atoms with Gasteiger partial charge in [-0.3, -0.25) is 4.90 Å². The predicted octanol–water partition coefficient (Wildman–Crippen LogP) is 5.49. The van der Waals surface area contributed by atoms with E-state index in [2.05, 4.69) is 27.1 Å². The van der Waals surface area contributed by atoms with Crippen molar-refractivity contribution in [3.8, 4) is 17.1 Å². The van der Waals surface area contributed by atoms with E-state index in [1.807, 2.05) is 38.4 Å². The average Bonchev–Trinajstić information content (AvgIpc) is 3.39. The van der Waals surface area contributed by atoms with Crippen LogP contribution >= 0.6 is 0 Å². The highest BCUT2D eigenvalue weighted by Gasteiger charge is 2.30. The standard InChI is InChI=1S/C23H21F3N4O/c1-16-21(28-22(31-16)18-6-8-19(9-7-18)23(24,25)26)15-29(2)14-17-4-10-20(11-5-17)30-13-3-12-27-30/h3-13H,14-15H2,1-2H3. The van der Waals surface area contributed by atoms with Gasteiger partial charge in [0.25, 0.3) is 0 Å². The highest BCUT2D eigenvalue weighted by molar-refractivity contribution is 5.54. The maximum atomic E-state index is 12.8. The largest absolute Gasteiger partial charge is 0.441 e. The van der Waals surface area contributed by atoms with Crippen LogP contribution in [0.1, 0.15) is 22.6 Å². The molecule has 4 aromatic rings. The first kappa shape index (κ1) is 20.9. The molecule has 0 spiro atoms. The lowest BCUT2D eigenvalue weighted by Gasteiger charge is -2.15. The SMILES string of the molecule is Cc1oc(-c2ccc(C(F)(F)F)cc2)nc1CN(C)Cc1ccc(-n2cccn2)cc1. The Morgan fingerprint density at radius 2 is 1.71 bits per heavy atom. The first-order chi connectivity index (χ1) is 14.8. The van der Waals surface area contributed by atoms with E-state index in [4.69, 9.17) is 4.42 Å². The van der Waals surface area contributed by atoms with Crippen molar-refractivity contribution in [1.29, 1.82) is 0 Å². The van der Waals surface area contributed by atoms with E-state index < -0.39 is 11.7 Å². The number of nitrogens with zero attached hydrogens (tertiary/aromatic N) is 4. The molecule has 4 rings (SSSR count). The quantitative estimate of drug-likeness (QED) is 0.409. The first-order valence-electron chi connectivity index (χ1n) is 9.71. The molecule has 0 amide bonds. The monoisotopic (exact) mass is 426 g/mol. The molecule has 2 aromatic carbocycles. The third-order valence-corrected chi connectivity index (χ3v) is 4.93. The Morgan fingerprint density at radius 3 is 2.32 bits per heavy atom. The van der Waals surface area contributed by atoms with Gasteiger partial charge in [-0.1, -0.05) is 12.1 Å². The molecule has 0 atom stereocenters. The van der Waals surface area contributed by atoms with Crippen LogP contribution in [0.25, 0.3) is 17.1 Å². The molecule has 0 aliphatic carbocycles. The molecule has 5 nitrogen and oxygen atoms in total. The Balaban J connectivity index is 1.42. The lowest BCUT2D eigenvalue weighted by Crippen LogP contribution is -2.18. The zero-order valence-electron chi connectivity index (χ0n) is 17.1. The number of hydrogen-bond donors (Lipinski definition) is 0. The van der Waals surface area contributed by atoms with Gasteiger partial charge in [0.1, 0.15) is 5.76 Å². The Kier molecular flexibility index (Phi) is 5.65. The van der Waals surface area contributed by atoms with E-state index in [0.29, 0.717) is 30.3 Å². The topological polar surface area (TPSA) is 47.1 Å². The predicted molar refractivity (Wildman–Crippen MR) is 110 cm³/mol. The lowest BCUT2D eigenvalue weighted by molar-refractivity contribution is -0.137. The fraction of sp³-hybridized carbons (Fsp3) is 0.217. The number of alkyl halides is 3. The van der Waals surface area contributed by atoms with Gasteiger partial charge in [0.05, 0.1) is 16.9 Å². The number of halogens is 3. The second-order valence-corrected chi connectivity index (χ2v) is 7.39. The van der Waals surface area contributed by atoms with Gasteiger partial charge < -0.3 is 4.42 Å². The summed E-state index contributed by atoms with van der Waals surface area (Å²) < 4.78 is 45.8. The Hall–Kier alpha value is -3.39. The van der Waals surface area contributed by atoms with E-state index >= 15 is 0 Å². The molecule has 2 heterocycles. The normalized spacial score (nSPS) is 11.9. The molecule has 0 aliphatic rings. The summed E-state index contributed by atoms with van der Waals surface area (Å²) in [4.78, 5) is 6.60. The molecule has 0 unspecified atom stereocenters. The Labute approximate surface area is 177 Å². The van der Waals surface area contributed by atoms with Crippen LogP contribution in [-0.4, -0.2) is 26.7 Å². The molecule has 31 heavy (non-hydrogen) atoms. The van der Waals surface area contributed by atoms with Crippen molar-refractivity contribution in [3.63, 3.8) is 0 Å². The van der Waals surface area contributed by atoms with Gasteiger partial charge >= 0.3 is 6.18 Å². The summed E-state index contributed by atoms with van der Waals surface area (Å²) in [6.07, 6.45) is -0.737. The van der Waals surface area contributed by atoms with Gasteiger partial charge in [-0.2, -0.15) is 18.3 Å². The molecule has 0 fully saturated rings. The highest BCUT2D eigenvalue weighted by Crippen LogP contribution is 2.31. The molecule has 0 saturated heterocycles. The molecule has 0 bridgehead atoms. The van der Waals surface area contributed by atoms with Crippen LogP contribution in [0.5, 0.6) is 0 Å². The third kappa shape index (κ3) is 4.86. The zero-order chi connectivity index (χ0) is 22.0. The van der Waals surface area contributed by atoms with Crippen LogP contribution in [0, 0.1) is 6.92 Å². The number of oxazole rings is 1. The Bertz CT molecular complexity index is 1130. The molecule has 0 aliphatic heterocycles. The summed E-state index contributed by atoms with van der Waals surface area (Å²) in [6.45, 7) is 3.07. The maximum absolute atomic E-state index is 12.8. The van der Waals surface area contributed by atoms with Crippen molar-refractivity contribution in [1.82, 2.24) is 19.7 Å². The van der Waals surface area contributed by atoms with Gasteiger partial charge in [-0.15, -0.1) is 0 Å². The summed E-state index contributed by atoms with van der Waals surface area (Å²) in [5.41, 5.74) is 2.70. The summed E-state index contributed by atoms with van der Waals surface area (Å²) in [5, 5.41) is 4.22. The van der Waals surface area contributed by atoms with Crippen molar-refractivity contribution in [2.24, 2.45) is 0 Å². The summed E-state index contributed by atoms with van der Waals surface area (Å²) >= 11 is 0. The molecule has 2 aromatic heterocycles. The van der Waals surface area contributed by atoms with Crippen molar-refractivity contribution >= 4 is 0 Å². The number of aryl methyl sites for hydroxylation is 1. The summed E-state index contributed by atoms with van der Waals surface area (Å²) in [7, 11) is 1.98.